The molecule has 2 amide bonds. The molecule has 1 saturated heterocycles. The maximum absolute atomic E-state index is 12.9. The molecule has 3 aromatic heterocycles. The van der Waals surface area contributed by atoms with Crippen molar-refractivity contribution >= 4 is 22.9 Å². The van der Waals surface area contributed by atoms with Gasteiger partial charge in [0.05, 0.1) is 28.4 Å². The molecule has 8 nitrogen and oxygen atoms in total. The molecule has 1 fully saturated rings. The number of nitrogens with zero attached hydrogens (tertiary/aromatic N) is 3. The number of amides is 2. The number of carbonyl (C=O) groups is 2. The summed E-state index contributed by atoms with van der Waals surface area (Å²) in [5, 5.41) is 7.52. The number of hydrogen-bond acceptors (Lipinski definition) is 6. The molecule has 8 heteroatoms. The number of aryl methyl sites for hydroxylation is 3. The molecule has 1 aliphatic rings. The summed E-state index contributed by atoms with van der Waals surface area (Å²) >= 11 is 0. The van der Waals surface area contributed by atoms with E-state index in [1.54, 1.807) is 17.9 Å². The van der Waals surface area contributed by atoms with Crippen LogP contribution in [-0.2, 0) is 4.79 Å². The Labute approximate surface area is 155 Å². The lowest BCUT2D eigenvalue weighted by molar-refractivity contribution is -0.133. The molecule has 0 saturated carbocycles. The molecule has 0 bridgehead atoms. The highest BCUT2D eigenvalue weighted by atomic mass is 16.5. The van der Waals surface area contributed by atoms with Crippen molar-refractivity contribution in [3.8, 4) is 11.3 Å². The van der Waals surface area contributed by atoms with Crippen molar-refractivity contribution in [3.05, 3.63) is 34.9 Å². The molecule has 0 radical (unpaired) electrons. The van der Waals surface area contributed by atoms with Gasteiger partial charge in [0.15, 0.2) is 0 Å². The van der Waals surface area contributed by atoms with E-state index in [1.165, 1.54) is 6.92 Å². The Morgan fingerprint density at radius 2 is 1.96 bits per heavy atom. The van der Waals surface area contributed by atoms with E-state index in [-0.39, 0.29) is 17.9 Å². The third kappa shape index (κ3) is 2.97. The van der Waals surface area contributed by atoms with E-state index < -0.39 is 0 Å². The zero-order valence-corrected chi connectivity index (χ0v) is 15.6. The first kappa shape index (κ1) is 17.3. The molecular formula is C19H20N4O4. The quantitative estimate of drug-likeness (QED) is 0.761. The number of hydrogen-bond donors (Lipinski definition) is 1. The van der Waals surface area contributed by atoms with E-state index in [0.717, 1.165) is 17.1 Å². The third-order valence-electron chi connectivity index (χ3n) is 4.84. The van der Waals surface area contributed by atoms with Crippen molar-refractivity contribution in [1.29, 1.82) is 0 Å². The van der Waals surface area contributed by atoms with Crippen LogP contribution in [0.25, 0.3) is 22.4 Å². The van der Waals surface area contributed by atoms with Gasteiger partial charge in [-0.25, -0.2) is 4.98 Å². The van der Waals surface area contributed by atoms with Gasteiger partial charge in [-0.2, -0.15) is 0 Å². The third-order valence-corrected chi connectivity index (χ3v) is 4.84. The second kappa shape index (κ2) is 6.22. The molecule has 0 unspecified atom stereocenters. The van der Waals surface area contributed by atoms with E-state index >= 15 is 0 Å². The standard InChI is InChI=1S/C19H20N4O4/c1-9-5-14(11(3)26-9)16-6-15(17-10(2)22-27-19(17)21-16)18(25)20-13-7-23(8-13)12(4)24/h5-6,13H,7-8H2,1-4H3,(H,20,25). The van der Waals surface area contributed by atoms with Gasteiger partial charge in [0.25, 0.3) is 11.6 Å². The molecule has 4 heterocycles. The molecule has 0 spiro atoms. The second-order valence-corrected chi connectivity index (χ2v) is 6.92. The number of carbonyl (C=O) groups excluding carboxylic acids is 2. The lowest BCUT2D eigenvalue weighted by Gasteiger charge is -2.38. The molecule has 3 aromatic rings. The van der Waals surface area contributed by atoms with Crippen LogP contribution in [0.2, 0.25) is 0 Å². The Kier molecular flexibility index (Phi) is 3.98. The van der Waals surface area contributed by atoms with Crippen molar-refractivity contribution in [2.45, 2.75) is 33.7 Å². The van der Waals surface area contributed by atoms with Crippen LogP contribution in [0.15, 0.2) is 21.1 Å². The Hall–Kier alpha value is -3.16. The molecule has 140 valence electrons. The molecule has 27 heavy (non-hydrogen) atoms. The Bertz CT molecular complexity index is 1060. The van der Waals surface area contributed by atoms with Gasteiger partial charge in [0.2, 0.25) is 5.91 Å². The number of fused-ring (bicyclic) bond motifs is 1. The summed E-state index contributed by atoms with van der Waals surface area (Å²) in [6.07, 6.45) is 0. The van der Waals surface area contributed by atoms with E-state index in [4.69, 9.17) is 8.94 Å². The highest BCUT2D eigenvalue weighted by molar-refractivity contribution is 6.07. The lowest BCUT2D eigenvalue weighted by atomic mass is 10.0. The summed E-state index contributed by atoms with van der Waals surface area (Å²) in [6.45, 7) is 8.04. The number of nitrogens with one attached hydrogen (secondary N) is 1. The Balaban J connectivity index is 1.70. The predicted molar refractivity (Wildman–Crippen MR) is 97.2 cm³/mol. The van der Waals surface area contributed by atoms with Gasteiger partial charge >= 0.3 is 0 Å². The normalized spacial score (nSPS) is 14.4. The van der Waals surface area contributed by atoms with Crippen LogP contribution >= 0.6 is 0 Å². The summed E-state index contributed by atoms with van der Waals surface area (Å²) in [5.74, 6) is 1.26. The molecule has 0 atom stereocenters. The van der Waals surface area contributed by atoms with Crippen LogP contribution in [-0.4, -0.2) is 46.0 Å². The van der Waals surface area contributed by atoms with Crippen LogP contribution < -0.4 is 5.32 Å². The maximum atomic E-state index is 12.9. The van der Waals surface area contributed by atoms with Crippen molar-refractivity contribution in [2.75, 3.05) is 13.1 Å². The van der Waals surface area contributed by atoms with Crippen LogP contribution in [0, 0.1) is 20.8 Å². The molecule has 1 N–H and O–H groups in total. The van der Waals surface area contributed by atoms with Crippen molar-refractivity contribution in [3.63, 3.8) is 0 Å². The summed E-state index contributed by atoms with van der Waals surface area (Å²) in [5.41, 5.74) is 2.77. The second-order valence-electron chi connectivity index (χ2n) is 6.92. The zero-order valence-electron chi connectivity index (χ0n) is 15.6. The van der Waals surface area contributed by atoms with Gasteiger partial charge in [0, 0.05) is 25.6 Å². The molecule has 1 aliphatic heterocycles. The monoisotopic (exact) mass is 368 g/mol. The smallest absolute Gasteiger partial charge is 0.259 e. The molecule has 0 aliphatic carbocycles. The van der Waals surface area contributed by atoms with Crippen molar-refractivity contribution in [1.82, 2.24) is 20.4 Å². The largest absolute Gasteiger partial charge is 0.466 e. The van der Waals surface area contributed by atoms with Crippen molar-refractivity contribution < 1.29 is 18.5 Å². The molecular weight excluding hydrogens is 348 g/mol. The van der Waals surface area contributed by atoms with Crippen LogP contribution in [0.4, 0.5) is 0 Å². The van der Waals surface area contributed by atoms with Gasteiger partial charge in [0.1, 0.15) is 11.5 Å². The molecule has 4 rings (SSSR count). The number of pyridine rings is 1. The summed E-state index contributed by atoms with van der Waals surface area (Å²) in [6, 6.07) is 3.55. The minimum absolute atomic E-state index is 0.00904. The first-order valence-corrected chi connectivity index (χ1v) is 8.74. The van der Waals surface area contributed by atoms with Crippen LogP contribution in [0.5, 0.6) is 0 Å². The van der Waals surface area contributed by atoms with Crippen LogP contribution in [0.3, 0.4) is 0 Å². The van der Waals surface area contributed by atoms with E-state index in [1.807, 2.05) is 19.9 Å². The highest BCUT2D eigenvalue weighted by Gasteiger charge is 2.31. The summed E-state index contributed by atoms with van der Waals surface area (Å²) < 4.78 is 10.9. The van der Waals surface area contributed by atoms with Gasteiger partial charge in [-0.1, -0.05) is 5.16 Å². The van der Waals surface area contributed by atoms with E-state index in [9.17, 15) is 9.59 Å². The fraction of sp³-hybridized carbons (Fsp3) is 0.368. The van der Waals surface area contributed by atoms with E-state index in [2.05, 4.69) is 15.5 Å². The topological polar surface area (TPSA) is 101 Å². The number of rotatable bonds is 3. The first-order valence-electron chi connectivity index (χ1n) is 8.74. The average molecular weight is 368 g/mol. The summed E-state index contributed by atoms with van der Waals surface area (Å²) in [4.78, 5) is 30.4. The SMILES string of the molecule is CC(=O)N1CC(NC(=O)c2cc(-c3cc(C)oc3C)nc3onc(C)c23)C1. The Morgan fingerprint density at radius 1 is 1.22 bits per heavy atom. The van der Waals surface area contributed by atoms with Crippen LogP contribution in [0.1, 0.15) is 34.5 Å². The predicted octanol–water partition coefficient (Wildman–Crippen LogP) is 2.37. The lowest BCUT2D eigenvalue weighted by Crippen LogP contribution is -2.60. The van der Waals surface area contributed by atoms with Gasteiger partial charge < -0.3 is 19.2 Å². The van der Waals surface area contributed by atoms with E-state index in [0.29, 0.717) is 41.1 Å². The van der Waals surface area contributed by atoms with Crippen molar-refractivity contribution in [2.24, 2.45) is 0 Å². The first-order chi connectivity index (χ1) is 12.8. The highest BCUT2D eigenvalue weighted by Crippen LogP contribution is 2.30. The number of aromatic nitrogens is 2. The summed E-state index contributed by atoms with van der Waals surface area (Å²) in [7, 11) is 0. The number of furan rings is 1. The fourth-order valence-corrected chi connectivity index (χ4v) is 3.39. The van der Waals surface area contributed by atoms with Gasteiger partial charge in [-0.05, 0) is 32.9 Å². The fourth-order valence-electron chi connectivity index (χ4n) is 3.39. The number of likely N-dealkylation sites (tertiary alicyclic amines) is 1. The minimum Gasteiger partial charge on any atom is -0.466 e. The minimum atomic E-state index is -0.235. The molecule has 0 aromatic carbocycles. The maximum Gasteiger partial charge on any atom is 0.259 e. The van der Waals surface area contributed by atoms with Gasteiger partial charge in [-0.15, -0.1) is 0 Å². The van der Waals surface area contributed by atoms with Gasteiger partial charge in [-0.3, -0.25) is 9.59 Å². The average Bonchev–Trinajstić information content (AvgIpc) is 3.11. The Morgan fingerprint density at radius 3 is 2.59 bits per heavy atom. The zero-order chi connectivity index (χ0) is 19.3.